The van der Waals surface area contributed by atoms with Gasteiger partial charge in [-0.1, -0.05) is 12.2 Å². The highest BCUT2D eigenvalue weighted by molar-refractivity contribution is 5.68. The van der Waals surface area contributed by atoms with Crippen molar-refractivity contribution in [3.05, 3.63) is 12.2 Å². The second-order valence-corrected chi connectivity index (χ2v) is 6.96. The van der Waals surface area contributed by atoms with Gasteiger partial charge in [-0.25, -0.2) is 4.79 Å². The van der Waals surface area contributed by atoms with Crippen molar-refractivity contribution in [1.82, 2.24) is 10.2 Å². The van der Waals surface area contributed by atoms with Crippen LogP contribution in [-0.4, -0.2) is 42.3 Å². The monoisotopic (exact) mass is 280 g/mol. The Morgan fingerprint density at radius 3 is 2.40 bits per heavy atom. The first kappa shape index (κ1) is 15.4. The predicted octanol–water partition coefficient (Wildman–Crippen LogP) is 2.94. The number of nitrogens with zero attached hydrogens (tertiary/aromatic N) is 1. The van der Waals surface area contributed by atoms with Gasteiger partial charge in [0.25, 0.3) is 0 Å². The number of carbonyl (C=O) groups is 1. The Balaban J connectivity index is 1.65. The van der Waals surface area contributed by atoms with E-state index in [0.29, 0.717) is 12.0 Å². The highest BCUT2D eigenvalue weighted by Gasteiger charge is 2.27. The van der Waals surface area contributed by atoms with Crippen molar-refractivity contribution >= 4 is 6.09 Å². The molecule has 20 heavy (non-hydrogen) atoms. The van der Waals surface area contributed by atoms with Gasteiger partial charge in [0, 0.05) is 19.1 Å². The third kappa shape index (κ3) is 4.82. The molecule has 0 atom stereocenters. The van der Waals surface area contributed by atoms with Gasteiger partial charge >= 0.3 is 6.09 Å². The molecular weight excluding hydrogens is 252 g/mol. The lowest BCUT2D eigenvalue weighted by Gasteiger charge is -2.34. The van der Waals surface area contributed by atoms with E-state index in [9.17, 15) is 4.79 Å². The topological polar surface area (TPSA) is 41.6 Å². The molecule has 0 saturated carbocycles. The number of hydrogen-bond acceptors (Lipinski definition) is 3. The van der Waals surface area contributed by atoms with Crippen molar-refractivity contribution in [2.45, 2.75) is 58.1 Å². The summed E-state index contributed by atoms with van der Waals surface area (Å²) in [6.07, 6.45) is 8.82. The molecule has 1 aliphatic carbocycles. The molecule has 0 aromatic rings. The van der Waals surface area contributed by atoms with Crippen molar-refractivity contribution in [2.75, 3.05) is 19.6 Å². The summed E-state index contributed by atoms with van der Waals surface area (Å²) in [6, 6.07) is 0.638. The summed E-state index contributed by atoms with van der Waals surface area (Å²) in [5.41, 5.74) is -0.398. The Kier molecular flexibility index (Phi) is 5.08. The van der Waals surface area contributed by atoms with Crippen molar-refractivity contribution in [2.24, 2.45) is 5.92 Å². The molecule has 1 aliphatic heterocycles. The Morgan fingerprint density at radius 1 is 1.25 bits per heavy atom. The minimum atomic E-state index is -0.398. The van der Waals surface area contributed by atoms with Crippen molar-refractivity contribution in [3.8, 4) is 0 Å². The van der Waals surface area contributed by atoms with Crippen LogP contribution in [0.3, 0.4) is 0 Å². The molecule has 1 saturated heterocycles. The number of amides is 1. The lowest BCUT2D eigenvalue weighted by Crippen LogP contribution is -2.44. The predicted molar refractivity (Wildman–Crippen MR) is 80.7 cm³/mol. The Morgan fingerprint density at radius 2 is 1.85 bits per heavy atom. The van der Waals surface area contributed by atoms with Gasteiger partial charge in [-0.15, -0.1) is 0 Å². The first-order chi connectivity index (χ1) is 9.44. The van der Waals surface area contributed by atoms with Crippen LogP contribution in [0.1, 0.15) is 46.5 Å². The van der Waals surface area contributed by atoms with E-state index in [4.69, 9.17) is 4.74 Å². The molecule has 4 nitrogen and oxygen atoms in total. The number of rotatable bonds is 3. The smallest absolute Gasteiger partial charge is 0.410 e. The fourth-order valence-electron chi connectivity index (χ4n) is 2.76. The number of ether oxygens (including phenoxy) is 1. The van der Waals surface area contributed by atoms with Gasteiger partial charge in [-0.2, -0.15) is 0 Å². The molecule has 1 fully saturated rings. The maximum atomic E-state index is 12.0. The quantitative estimate of drug-likeness (QED) is 0.808. The van der Waals surface area contributed by atoms with E-state index in [0.717, 1.165) is 45.3 Å². The molecule has 0 unspecified atom stereocenters. The maximum Gasteiger partial charge on any atom is 0.410 e. The fraction of sp³-hybridized carbons (Fsp3) is 0.812. The average molecular weight is 280 g/mol. The largest absolute Gasteiger partial charge is 0.444 e. The molecule has 0 radical (unpaired) electrons. The van der Waals surface area contributed by atoms with E-state index >= 15 is 0 Å². The van der Waals surface area contributed by atoms with E-state index in [1.165, 1.54) is 0 Å². The van der Waals surface area contributed by atoms with Gasteiger partial charge in [0.15, 0.2) is 0 Å². The minimum absolute atomic E-state index is 0.163. The highest BCUT2D eigenvalue weighted by atomic mass is 16.6. The number of likely N-dealkylation sites (tertiary alicyclic amines) is 1. The highest BCUT2D eigenvalue weighted by Crippen LogP contribution is 2.20. The summed E-state index contributed by atoms with van der Waals surface area (Å²) in [5, 5.41) is 3.64. The molecule has 1 N–H and O–H groups in total. The standard InChI is InChI=1S/C16H28N2O2/c1-16(2,3)20-15(19)18-10-8-13(9-11-18)12-17-14-6-4-5-7-14/h4-5,13-14,17H,6-12H2,1-3H3. The maximum absolute atomic E-state index is 12.0. The zero-order chi connectivity index (χ0) is 14.6. The zero-order valence-corrected chi connectivity index (χ0v) is 13.0. The van der Waals surface area contributed by atoms with Crippen LogP contribution in [0, 0.1) is 5.92 Å². The molecule has 1 amide bonds. The third-order valence-electron chi connectivity index (χ3n) is 3.97. The van der Waals surface area contributed by atoms with Crippen LogP contribution >= 0.6 is 0 Å². The zero-order valence-electron chi connectivity index (χ0n) is 13.0. The number of carbonyl (C=O) groups excluding carboxylic acids is 1. The molecule has 2 rings (SSSR count). The minimum Gasteiger partial charge on any atom is -0.444 e. The lowest BCUT2D eigenvalue weighted by atomic mass is 9.96. The second-order valence-electron chi connectivity index (χ2n) is 6.96. The van der Waals surface area contributed by atoms with Gasteiger partial charge in [-0.3, -0.25) is 0 Å². The van der Waals surface area contributed by atoms with Gasteiger partial charge in [-0.05, 0) is 58.9 Å². The van der Waals surface area contributed by atoms with Gasteiger partial charge in [0.2, 0.25) is 0 Å². The van der Waals surface area contributed by atoms with Crippen LogP contribution in [0.4, 0.5) is 4.79 Å². The molecule has 0 spiro atoms. The second kappa shape index (κ2) is 6.61. The van der Waals surface area contributed by atoms with Crippen LogP contribution in [0.5, 0.6) is 0 Å². The molecule has 1 heterocycles. The van der Waals surface area contributed by atoms with Gasteiger partial charge in [0.1, 0.15) is 5.60 Å². The number of nitrogens with one attached hydrogen (secondary N) is 1. The van der Waals surface area contributed by atoms with E-state index in [1.54, 1.807) is 0 Å². The fourth-order valence-corrected chi connectivity index (χ4v) is 2.76. The van der Waals surface area contributed by atoms with Crippen LogP contribution in [0.15, 0.2) is 12.2 Å². The Bertz CT molecular complexity index is 344. The number of hydrogen-bond donors (Lipinski definition) is 1. The molecule has 4 heteroatoms. The average Bonchev–Trinajstić information content (AvgIpc) is 2.88. The van der Waals surface area contributed by atoms with Gasteiger partial charge in [0.05, 0.1) is 0 Å². The Labute approximate surface area is 122 Å². The van der Waals surface area contributed by atoms with E-state index in [-0.39, 0.29) is 6.09 Å². The number of piperidine rings is 1. The van der Waals surface area contributed by atoms with E-state index in [1.807, 2.05) is 25.7 Å². The van der Waals surface area contributed by atoms with E-state index < -0.39 is 5.60 Å². The summed E-state index contributed by atoms with van der Waals surface area (Å²) in [5.74, 6) is 0.689. The van der Waals surface area contributed by atoms with Crippen LogP contribution < -0.4 is 5.32 Å². The van der Waals surface area contributed by atoms with Crippen LogP contribution in [-0.2, 0) is 4.74 Å². The van der Waals surface area contributed by atoms with Crippen LogP contribution in [0.25, 0.3) is 0 Å². The van der Waals surface area contributed by atoms with Crippen molar-refractivity contribution in [1.29, 1.82) is 0 Å². The molecular formula is C16H28N2O2. The molecule has 0 aromatic heterocycles. The summed E-state index contributed by atoms with van der Waals surface area (Å²) < 4.78 is 5.42. The summed E-state index contributed by atoms with van der Waals surface area (Å²) >= 11 is 0. The SMILES string of the molecule is CC(C)(C)OC(=O)N1CCC(CNC2CC=CC2)CC1. The normalized spacial score (nSPS) is 21.4. The van der Waals surface area contributed by atoms with Crippen molar-refractivity contribution < 1.29 is 9.53 Å². The summed E-state index contributed by atoms with van der Waals surface area (Å²) in [4.78, 5) is 13.8. The van der Waals surface area contributed by atoms with Crippen LogP contribution in [0.2, 0.25) is 0 Å². The first-order valence-corrected chi connectivity index (χ1v) is 7.80. The summed E-state index contributed by atoms with van der Waals surface area (Å²) in [6.45, 7) is 8.47. The Hall–Kier alpha value is -1.03. The molecule has 0 bridgehead atoms. The summed E-state index contributed by atoms with van der Waals surface area (Å²) in [7, 11) is 0. The molecule has 2 aliphatic rings. The third-order valence-corrected chi connectivity index (χ3v) is 3.97. The van der Waals surface area contributed by atoms with Crippen molar-refractivity contribution in [3.63, 3.8) is 0 Å². The molecule has 114 valence electrons. The lowest BCUT2D eigenvalue weighted by molar-refractivity contribution is 0.0183. The van der Waals surface area contributed by atoms with Gasteiger partial charge < -0.3 is 15.0 Å². The van der Waals surface area contributed by atoms with E-state index in [2.05, 4.69) is 17.5 Å². The molecule has 0 aromatic carbocycles. The first-order valence-electron chi connectivity index (χ1n) is 7.80.